The number of hydrogen-bond acceptors (Lipinski definition) is 7. The molecule has 0 bridgehead atoms. The Balaban J connectivity index is 1.38. The third-order valence-corrected chi connectivity index (χ3v) is 8.10. The molecule has 0 atom stereocenters. The minimum Gasteiger partial charge on any atom is -0.356 e. The van der Waals surface area contributed by atoms with Gasteiger partial charge in [-0.05, 0) is 37.8 Å². The van der Waals surface area contributed by atoms with Crippen LogP contribution in [0.4, 0.5) is 10.9 Å². The zero-order chi connectivity index (χ0) is 23.2. The van der Waals surface area contributed by atoms with Crippen LogP contribution in [0, 0.1) is 25.2 Å². The Kier molecular flexibility index (Phi) is 7.68. The van der Waals surface area contributed by atoms with Crippen LogP contribution in [0.15, 0.2) is 34.7 Å². The number of thioether (sulfide) groups is 1. The molecule has 4 rings (SSSR count). The van der Waals surface area contributed by atoms with Crippen molar-refractivity contribution in [3.05, 3.63) is 52.7 Å². The minimum atomic E-state index is -0.139. The van der Waals surface area contributed by atoms with Crippen molar-refractivity contribution in [2.45, 2.75) is 62.9 Å². The highest BCUT2D eigenvalue weighted by molar-refractivity contribution is 8.01. The molecule has 2 N–H and O–H groups in total. The van der Waals surface area contributed by atoms with Crippen molar-refractivity contribution >= 4 is 40.0 Å². The maximum Gasteiger partial charge on any atom is 0.235 e. The molecule has 33 heavy (non-hydrogen) atoms. The van der Waals surface area contributed by atoms with Gasteiger partial charge in [-0.3, -0.25) is 4.79 Å². The summed E-state index contributed by atoms with van der Waals surface area (Å²) >= 11 is 2.79. The number of amides is 1. The van der Waals surface area contributed by atoms with Crippen molar-refractivity contribution < 1.29 is 4.79 Å². The normalized spacial score (nSPS) is 14.1. The maximum absolute atomic E-state index is 12.8. The van der Waals surface area contributed by atoms with Crippen molar-refractivity contribution in [3.8, 4) is 6.07 Å². The van der Waals surface area contributed by atoms with Crippen LogP contribution in [0.5, 0.6) is 0 Å². The van der Waals surface area contributed by atoms with Gasteiger partial charge in [0.1, 0.15) is 11.9 Å². The van der Waals surface area contributed by atoms with Crippen molar-refractivity contribution in [2.24, 2.45) is 0 Å². The molecule has 0 radical (unpaired) electrons. The first-order valence-corrected chi connectivity index (χ1v) is 13.0. The summed E-state index contributed by atoms with van der Waals surface area (Å²) in [5, 5.41) is 25.1. The summed E-state index contributed by atoms with van der Waals surface area (Å²) in [6, 6.07) is 12.7. The predicted octanol–water partition coefficient (Wildman–Crippen LogP) is 5.68. The number of nitrogens with one attached hydrogen (secondary N) is 2. The second-order valence-electron chi connectivity index (χ2n) is 8.26. The van der Waals surface area contributed by atoms with E-state index in [9.17, 15) is 10.1 Å². The fraction of sp³-hybridized carbons (Fsp3) is 0.417. The Labute approximate surface area is 202 Å². The number of aromatic nitrogens is 3. The molecule has 1 aromatic carbocycles. The van der Waals surface area contributed by atoms with Crippen LogP contribution in [-0.2, 0) is 11.3 Å². The van der Waals surface area contributed by atoms with E-state index in [0.717, 1.165) is 33.6 Å². The molecule has 0 aliphatic heterocycles. The fourth-order valence-corrected chi connectivity index (χ4v) is 5.84. The summed E-state index contributed by atoms with van der Waals surface area (Å²) in [6.45, 7) is 4.68. The lowest BCUT2D eigenvalue weighted by atomic mass is 9.95. The summed E-state index contributed by atoms with van der Waals surface area (Å²) in [7, 11) is 0. The maximum atomic E-state index is 12.8. The Morgan fingerprint density at radius 1 is 1.21 bits per heavy atom. The third kappa shape index (κ3) is 5.57. The standard InChI is InChI=1S/C24H28N6OS2/c1-16-17(2)30(19-11-7-4-8-12-19)22(20(16)13-25)27-21(31)15-32-24-29-28-23(33-24)26-14-18-9-5-3-6-10-18/h3,5-6,9-10,19H,4,7-8,11-12,14-15H2,1-2H3,(H,26,28)(H,27,31). The monoisotopic (exact) mass is 480 g/mol. The predicted molar refractivity (Wildman–Crippen MR) is 134 cm³/mol. The molecule has 1 aliphatic carbocycles. The average molecular weight is 481 g/mol. The van der Waals surface area contributed by atoms with Gasteiger partial charge in [0.15, 0.2) is 4.34 Å². The van der Waals surface area contributed by atoms with Crippen LogP contribution >= 0.6 is 23.1 Å². The van der Waals surface area contributed by atoms with Crippen LogP contribution < -0.4 is 10.6 Å². The van der Waals surface area contributed by atoms with E-state index in [1.54, 1.807) is 0 Å². The topological polar surface area (TPSA) is 95.6 Å². The molecule has 0 saturated heterocycles. The molecule has 3 aromatic rings. The van der Waals surface area contributed by atoms with E-state index in [1.807, 2.05) is 32.0 Å². The Hall–Kier alpha value is -2.83. The molecule has 0 unspecified atom stereocenters. The number of nitrogens with zero attached hydrogens (tertiary/aromatic N) is 4. The van der Waals surface area contributed by atoms with Gasteiger partial charge in [-0.1, -0.05) is 72.7 Å². The molecule has 172 valence electrons. The van der Waals surface area contributed by atoms with Crippen molar-refractivity contribution in [3.63, 3.8) is 0 Å². The minimum absolute atomic E-state index is 0.139. The fourth-order valence-electron chi connectivity index (χ4n) is 4.29. The molecular formula is C24H28N6OS2. The van der Waals surface area contributed by atoms with Gasteiger partial charge in [-0.2, -0.15) is 5.26 Å². The van der Waals surface area contributed by atoms with E-state index < -0.39 is 0 Å². The lowest BCUT2D eigenvalue weighted by Gasteiger charge is -2.27. The zero-order valence-electron chi connectivity index (χ0n) is 18.9. The quantitative estimate of drug-likeness (QED) is 0.403. The van der Waals surface area contributed by atoms with Gasteiger partial charge in [0.05, 0.1) is 11.3 Å². The van der Waals surface area contributed by atoms with Crippen molar-refractivity contribution in [1.82, 2.24) is 14.8 Å². The van der Waals surface area contributed by atoms with E-state index in [-0.39, 0.29) is 11.7 Å². The summed E-state index contributed by atoms with van der Waals surface area (Å²) in [6.07, 6.45) is 5.79. The van der Waals surface area contributed by atoms with E-state index in [4.69, 9.17) is 0 Å². The van der Waals surface area contributed by atoms with Gasteiger partial charge in [0, 0.05) is 18.3 Å². The Morgan fingerprint density at radius 3 is 2.70 bits per heavy atom. The number of rotatable bonds is 8. The second kappa shape index (κ2) is 10.9. The molecular weight excluding hydrogens is 452 g/mol. The molecule has 2 aromatic heterocycles. The van der Waals surface area contributed by atoms with Crippen LogP contribution in [0.2, 0.25) is 0 Å². The van der Waals surface area contributed by atoms with Crippen LogP contribution in [-0.4, -0.2) is 26.4 Å². The molecule has 1 amide bonds. The highest BCUT2D eigenvalue weighted by Crippen LogP contribution is 2.37. The average Bonchev–Trinajstić information content (AvgIpc) is 3.39. The smallest absolute Gasteiger partial charge is 0.235 e. The van der Waals surface area contributed by atoms with Crippen LogP contribution in [0.3, 0.4) is 0 Å². The van der Waals surface area contributed by atoms with Crippen LogP contribution in [0.25, 0.3) is 0 Å². The first-order chi connectivity index (χ1) is 16.1. The first-order valence-electron chi connectivity index (χ1n) is 11.2. The van der Waals surface area contributed by atoms with E-state index in [2.05, 4.69) is 43.6 Å². The molecule has 0 spiro atoms. The van der Waals surface area contributed by atoms with Gasteiger partial charge in [0.2, 0.25) is 11.0 Å². The van der Waals surface area contributed by atoms with Crippen molar-refractivity contribution in [2.75, 3.05) is 16.4 Å². The number of carbonyl (C=O) groups is 1. The Morgan fingerprint density at radius 2 is 1.97 bits per heavy atom. The third-order valence-electron chi connectivity index (χ3n) is 6.09. The summed E-state index contributed by atoms with van der Waals surface area (Å²) in [4.78, 5) is 12.8. The molecule has 9 heteroatoms. The number of anilines is 2. The first kappa shape index (κ1) is 23.3. The molecule has 2 heterocycles. The van der Waals surface area contributed by atoms with E-state index >= 15 is 0 Å². The summed E-state index contributed by atoms with van der Waals surface area (Å²) < 4.78 is 2.92. The highest BCUT2D eigenvalue weighted by Gasteiger charge is 2.26. The van der Waals surface area contributed by atoms with Gasteiger partial charge < -0.3 is 15.2 Å². The number of carbonyl (C=O) groups excluding carboxylic acids is 1. The molecule has 1 saturated carbocycles. The van der Waals surface area contributed by atoms with Gasteiger partial charge in [-0.15, -0.1) is 10.2 Å². The molecule has 1 aliphatic rings. The van der Waals surface area contributed by atoms with Crippen LogP contribution in [0.1, 0.15) is 60.5 Å². The van der Waals surface area contributed by atoms with Gasteiger partial charge in [0.25, 0.3) is 0 Å². The van der Waals surface area contributed by atoms with Gasteiger partial charge in [-0.25, -0.2) is 0 Å². The highest BCUT2D eigenvalue weighted by atomic mass is 32.2. The molecule has 1 fully saturated rings. The zero-order valence-corrected chi connectivity index (χ0v) is 20.6. The molecule has 7 nitrogen and oxygen atoms in total. The Bertz CT molecular complexity index is 1140. The van der Waals surface area contributed by atoms with E-state index in [1.165, 1.54) is 47.9 Å². The summed E-state index contributed by atoms with van der Waals surface area (Å²) in [5.74, 6) is 0.721. The number of benzene rings is 1. The lowest BCUT2D eigenvalue weighted by molar-refractivity contribution is -0.113. The van der Waals surface area contributed by atoms with Gasteiger partial charge >= 0.3 is 0 Å². The van der Waals surface area contributed by atoms with E-state index in [0.29, 0.717) is 24.0 Å². The number of nitriles is 1. The largest absolute Gasteiger partial charge is 0.356 e. The SMILES string of the molecule is Cc1c(C#N)c(NC(=O)CSc2nnc(NCc3ccccc3)s2)n(C2CCCCC2)c1C. The van der Waals surface area contributed by atoms with Crippen molar-refractivity contribution in [1.29, 1.82) is 5.26 Å². The lowest BCUT2D eigenvalue weighted by Crippen LogP contribution is -2.21. The number of hydrogen-bond donors (Lipinski definition) is 2. The summed E-state index contributed by atoms with van der Waals surface area (Å²) in [5.41, 5.74) is 3.75. The second-order valence-corrected chi connectivity index (χ2v) is 10.5.